The molecule has 0 bridgehead atoms. The van der Waals surface area contributed by atoms with Crippen molar-refractivity contribution in [1.29, 1.82) is 0 Å². The predicted molar refractivity (Wildman–Crippen MR) is 273 cm³/mol. The van der Waals surface area contributed by atoms with E-state index in [0.717, 1.165) is 51.4 Å². The smallest absolute Gasteiger partial charge is 0.306 e. The lowest BCUT2D eigenvalue weighted by Crippen LogP contribution is -2.46. The lowest BCUT2D eigenvalue weighted by molar-refractivity contribution is -0.151. The second-order valence-corrected chi connectivity index (χ2v) is 19.4. The molecule has 0 aromatic heterocycles. The van der Waals surface area contributed by atoms with Crippen LogP contribution in [0, 0.1) is 0 Å². The van der Waals surface area contributed by atoms with E-state index in [1.807, 2.05) is 0 Å². The van der Waals surface area contributed by atoms with E-state index in [1.54, 1.807) is 0 Å². The molecule has 3 N–H and O–H groups in total. The molecule has 0 radical (unpaired) electrons. The first-order chi connectivity index (χ1) is 31.0. The Kier molecular flexibility index (Phi) is 50.0. The lowest BCUT2D eigenvalue weighted by Gasteiger charge is -2.24. The van der Waals surface area contributed by atoms with Gasteiger partial charge in [0.2, 0.25) is 5.91 Å². The summed E-state index contributed by atoms with van der Waals surface area (Å²) >= 11 is 0. The topological polar surface area (TPSA) is 95.9 Å². The Labute approximate surface area is 392 Å². The number of aliphatic hydroxyl groups excluding tert-OH is 2. The van der Waals surface area contributed by atoms with Gasteiger partial charge in [0, 0.05) is 6.42 Å². The van der Waals surface area contributed by atoms with E-state index in [4.69, 9.17) is 4.74 Å². The Morgan fingerprint density at radius 1 is 0.460 bits per heavy atom. The zero-order valence-corrected chi connectivity index (χ0v) is 42.5. The predicted octanol–water partition coefficient (Wildman–Crippen LogP) is 17.1. The van der Waals surface area contributed by atoms with Crippen LogP contribution >= 0.6 is 0 Å². The van der Waals surface area contributed by atoms with Crippen LogP contribution in [0.4, 0.5) is 0 Å². The van der Waals surface area contributed by atoms with E-state index in [-0.39, 0.29) is 24.9 Å². The molecule has 6 nitrogen and oxygen atoms in total. The number of hydrogen-bond acceptors (Lipinski definition) is 5. The van der Waals surface area contributed by atoms with Gasteiger partial charge >= 0.3 is 5.97 Å². The van der Waals surface area contributed by atoms with Gasteiger partial charge in [-0.2, -0.15) is 0 Å². The molecule has 0 spiro atoms. The summed E-state index contributed by atoms with van der Waals surface area (Å²) in [7, 11) is 0. The number of unbranched alkanes of at least 4 members (excludes halogenated alkanes) is 36. The zero-order valence-electron chi connectivity index (χ0n) is 42.5. The largest absolute Gasteiger partial charge is 0.462 e. The number of aliphatic hydroxyl groups is 2. The summed E-state index contributed by atoms with van der Waals surface area (Å²) < 4.78 is 5.95. The second-order valence-electron chi connectivity index (χ2n) is 19.4. The maximum atomic E-state index is 13.2. The molecular weight excluding hydrogens is 779 g/mol. The second kappa shape index (κ2) is 51.3. The molecule has 0 rings (SSSR count). The third-order valence-electron chi connectivity index (χ3n) is 13.1. The Morgan fingerprint density at radius 3 is 1.17 bits per heavy atom. The summed E-state index contributed by atoms with van der Waals surface area (Å²) in [6.07, 6.45) is 59.5. The fraction of sp³-hybridized carbons (Fsp3) is 0.895. The van der Waals surface area contributed by atoms with E-state index < -0.39 is 18.2 Å². The van der Waals surface area contributed by atoms with Crippen LogP contribution in [0.5, 0.6) is 0 Å². The summed E-state index contributed by atoms with van der Waals surface area (Å²) in [4.78, 5) is 26.2. The molecule has 0 aliphatic heterocycles. The van der Waals surface area contributed by atoms with Gasteiger partial charge in [-0.1, -0.05) is 263 Å². The average molecular weight is 889 g/mol. The zero-order chi connectivity index (χ0) is 45.9. The monoisotopic (exact) mass is 888 g/mol. The maximum Gasteiger partial charge on any atom is 0.306 e. The highest BCUT2D eigenvalue weighted by atomic mass is 16.5. The minimum absolute atomic E-state index is 0.0771. The van der Waals surface area contributed by atoms with Gasteiger partial charge in [0.1, 0.15) is 6.10 Å². The number of allylic oxidation sites excluding steroid dienone is 4. The van der Waals surface area contributed by atoms with Crippen molar-refractivity contribution in [3.63, 3.8) is 0 Å². The first kappa shape index (κ1) is 61.3. The molecule has 0 saturated heterocycles. The van der Waals surface area contributed by atoms with Crippen LogP contribution in [0.3, 0.4) is 0 Å². The van der Waals surface area contributed by atoms with Crippen molar-refractivity contribution in [2.24, 2.45) is 0 Å². The number of rotatable bonds is 51. The Balaban J connectivity index is 4.51. The number of ether oxygens (including phenoxy) is 1. The van der Waals surface area contributed by atoms with E-state index in [0.29, 0.717) is 19.3 Å². The van der Waals surface area contributed by atoms with Crippen LogP contribution in [-0.2, 0) is 14.3 Å². The first-order valence-electron chi connectivity index (χ1n) is 28.1. The van der Waals surface area contributed by atoms with E-state index >= 15 is 0 Å². The highest BCUT2D eigenvalue weighted by Gasteiger charge is 2.24. The van der Waals surface area contributed by atoms with Crippen molar-refractivity contribution < 1.29 is 24.5 Å². The summed E-state index contributed by atoms with van der Waals surface area (Å²) in [5.74, 6) is -0.474. The normalized spacial score (nSPS) is 13.3. The molecule has 63 heavy (non-hydrogen) atoms. The number of amides is 1. The van der Waals surface area contributed by atoms with E-state index in [2.05, 4.69) is 50.4 Å². The number of esters is 1. The minimum Gasteiger partial charge on any atom is -0.462 e. The number of nitrogens with one attached hydrogen (secondary N) is 1. The summed E-state index contributed by atoms with van der Waals surface area (Å²) in [6, 6.07) is -0.700. The molecule has 3 atom stereocenters. The van der Waals surface area contributed by atoms with Gasteiger partial charge in [0.25, 0.3) is 0 Å². The van der Waals surface area contributed by atoms with Crippen molar-refractivity contribution in [2.75, 3.05) is 6.61 Å². The van der Waals surface area contributed by atoms with Gasteiger partial charge in [-0.3, -0.25) is 9.59 Å². The summed E-state index contributed by atoms with van der Waals surface area (Å²) in [5, 5.41) is 23.8. The highest BCUT2D eigenvalue weighted by Crippen LogP contribution is 2.19. The fourth-order valence-corrected chi connectivity index (χ4v) is 8.78. The van der Waals surface area contributed by atoms with Crippen molar-refractivity contribution in [2.45, 2.75) is 322 Å². The standard InChI is InChI=1S/C57H109NO5/c1-4-7-10-13-16-19-22-25-27-28-29-30-32-35-38-41-44-47-50-57(62)63-53(48-45-42-39-36-33-24-21-18-15-12-9-6-3)51-56(61)58-54(52-59)55(60)49-46-43-40-37-34-31-26-23-20-17-14-11-8-5-2/h27-30,53-55,59-60H,4-26,31-52H2,1-3H3,(H,58,61)/b28-27+,30-29+. The summed E-state index contributed by atoms with van der Waals surface area (Å²) in [6.45, 7) is 6.50. The fourth-order valence-electron chi connectivity index (χ4n) is 8.78. The van der Waals surface area contributed by atoms with Gasteiger partial charge in [0.05, 0.1) is 25.2 Å². The molecule has 0 aliphatic rings. The molecule has 6 heteroatoms. The van der Waals surface area contributed by atoms with Gasteiger partial charge < -0.3 is 20.3 Å². The summed E-state index contributed by atoms with van der Waals surface area (Å²) in [5.41, 5.74) is 0. The molecular formula is C57H109NO5. The van der Waals surface area contributed by atoms with Gasteiger partial charge in [-0.15, -0.1) is 0 Å². The number of carbonyl (C=O) groups is 2. The third-order valence-corrected chi connectivity index (χ3v) is 13.1. The van der Waals surface area contributed by atoms with Crippen molar-refractivity contribution >= 4 is 11.9 Å². The van der Waals surface area contributed by atoms with Gasteiger partial charge in [-0.25, -0.2) is 0 Å². The van der Waals surface area contributed by atoms with Crippen LogP contribution in [-0.4, -0.2) is 46.9 Å². The quantitative estimate of drug-likeness (QED) is 0.0321. The molecule has 0 aromatic carbocycles. The van der Waals surface area contributed by atoms with Crippen molar-refractivity contribution in [3.8, 4) is 0 Å². The molecule has 3 unspecified atom stereocenters. The van der Waals surface area contributed by atoms with E-state index in [9.17, 15) is 19.8 Å². The Morgan fingerprint density at radius 2 is 0.794 bits per heavy atom. The van der Waals surface area contributed by atoms with Gasteiger partial charge in [-0.05, 0) is 51.4 Å². The molecule has 1 amide bonds. The molecule has 0 aromatic rings. The molecule has 0 fully saturated rings. The van der Waals surface area contributed by atoms with Crippen LogP contribution in [0.25, 0.3) is 0 Å². The van der Waals surface area contributed by atoms with Crippen LogP contribution in [0.2, 0.25) is 0 Å². The van der Waals surface area contributed by atoms with Crippen molar-refractivity contribution in [3.05, 3.63) is 24.3 Å². The SMILES string of the molecule is CCCCCCCCC/C=C/C=C/CCCCCCCC(=O)OC(CCCCCCCCCCCCCC)CC(=O)NC(CO)C(O)CCCCCCCCCCCCCCCC. The van der Waals surface area contributed by atoms with Crippen LogP contribution in [0.1, 0.15) is 303 Å². The maximum absolute atomic E-state index is 13.2. The van der Waals surface area contributed by atoms with Crippen LogP contribution in [0.15, 0.2) is 24.3 Å². The van der Waals surface area contributed by atoms with Gasteiger partial charge in [0.15, 0.2) is 0 Å². The molecule has 0 heterocycles. The van der Waals surface area contributed by atoms with E-state index in [1.165, 1.54) is 205 Å². The number of carbonyl (C=O) groups excluding carboxylic acids is 2. The Hall–Kier alpha value is -1.66. The Bertz CT molecular complexity index is 997. The molecule has 372 valence electrons. The highest BCUT2D eigenvalue weighted by molar-refractivity contribution is 5.77. The minimum atomic E-state index is -0.786. The lowest BCUT2D eigenvalue weighted by atomic mass is 10.0. The first-order valence-corrected chi connectivity index (χ1v) is 28.1. The number of hydrogen-bond donors (Lipinski definition) is 3. The van der Waals surface area contributed by atoms with Crippen LogP contribution < -0.4 is 5.32 Å². The molecule has 0 aliphatic carbocycles. The van der Waals surface area contributed by atoms with Crippen molar-refractivity contribution in [1.82, 2.24) is 5.32 Å². The molecule has 0 saturated carbocycles. The third kappa shape index (κ3) is 46.7. The average Bonchev–Trinajstić information content (AvgIpc) is 3.28.